The van der Waals surface area contributed by atoms with E-state index in [0.717, 1.165) is 24.3 Å². The number of phenolic OH excluding ortho intramolecular Hbond substituents is 1. The number of hydrogen-bond donors (Lipinski definition) is 1. The van der Waals surface area contributed by atoms with Gasteiger partial charge in [0.05, 0.1) is 5.56 Å². The van der Waals surface area contributed by atoms with E-state index >= 15 is 0 Å². The number of halogens is 2. The van der Waals surface area contributed by atoms with Crippen molar-refractivity contribution in [1.29, 1.82) is 5.26 Å². The van der Waals surface area contributed by atoms with E-state index in [0.29, 0.717) is 0 Å². The molecule has 0 fully saturated rings. The highest BCUT2D eigenvalue weighted by atomic mass is 19.1. The number of benzene rings is 2. The Kier molecular flexibility index (Phi) is 2.44. The van der Waals surface area contributed by atoms with E-state index in [1.165, 1.54) is 0 Å². The largest absolute Gasteiger partial charge is 0.505 e. The van der Waals surface area contributed by atoms with Crippen LogP contribution < -0.4 is 5.43 Å². The molecule has 1 aliphatic heterocycles. The highest BCUT2D eigenvalue weighted by molar-refractivity contribution is 5.91. The molecule has 1 aromatic rings. The Bertz CT molecular complexity index is 924. The number of nitriles is 1. The molecule has 6 heteroatoms. The fourth-order valence-corrected chi connectivity index (χ4v) is 2.02. The van der Waals surface area contributed by atoms with Crippen molar-refractivity contribution >= 4 is 11.0 Å². The average Bonchev–Trinajstić information content (AvgIpc) is 2.40. The van der Waals surface area contributed by atoms with Crippen LogP contribution >= 0.6 is 0 Å². The lowest BCUT2D eigenvalue weighted by molar-refractivity contribution is 0.432. The van der Waals surface area contributed by atoms with Crippen LogP contribution in [0.5, 0.6) is 5.75 Å². The van der Waals surface area contributed by atoms with Gasteiger partial charge in [0.25, 0.3) is 0 Å². The highest BCUT2D eigenvalue weighted by Gasteiger charge is 2.19. The lowest BCUT2D eigenvalue weighted by atomic mass is 10.00. The van der Waals surface area contributed by atoms with Gasteiger partial charge in [-0.2, -0.15) is 5.26 Å². The van der Waals surface area contributed by atoms with Crippen LogP contribution in [0.15, 0.2) is 33.5 Å². The van der Waals surface area contributed by atoms with Gasteiger partial charge in [-0.1, -0.05) is 0 Å². The van der Waals surface area contributed by atoms with E-state index in [-0.39, 0.29) is 27.9 Å². The molecule has 3 rings (SSSR count). The Morgan fingerprint density at radius 3 is 2.60 bits per heavy atom. The fourth-order valence-electron chi connectivity index (χ4n) is 2.02. The normalized spacial score (nSPS) is 10.8. The van der Waals surface area contributed by atoms with Crippen molar-refractivity contribution in [3.8, 4) is 23.1 Å². The van der Waals surface area contributed by atoms with Crippen molar-refractivity contribution in [3.63, 3.8) is 0 Å². The fraction of sp³-hybridized carbons (Fsp3) is 0. The SMILES string of the molecule is N#Cc1c2cc(F)c(=O)cc-2oc2cc(O)c(F)cc12. The van der Waals surface area contributed by atoms with Crippen LogP contribution in [0.25, 0.3) is 22.3 Å². The Hall–Kier alpha value is -2.94. The van der Waals surface area contributed by atoms with E-state index < -0.39 is 22.8 Å². The maximum Gasteiger partial charge on any atom is 0.217 e. The van der Waals surface area contributed by atoms with Crippen molar-refractivity contribution in [2.45, 2.75) is 0 Å². The lowest BCUT2D eigenvalue weighted by Gasteiger charge is -2.10. The van der Waals surface area contributed by atoms with Crippen molar-refractivity contribution in [1.82, 2.24) is 0 Å². The second-order valence-electron chi connectivity index (χ2n) is 4.17. The van der Waals surface area contributed by atoms with E-state index in [1.807, 2.05) is 6.07 Å². The van der Waals surface area contributed by atoms with Gasteiger partial charge in [-0.3, -0.25) is 4.79 Å². The van der Waals surface area contributed by atoms with Crippen LogP contribution in [-0.4, -0.2) is 5.11 Å². The second kappa shape index (κ2) is 4.03. The Morgan fingerprint density at radius 2 is 1.90 bits per heavy atom. The molecule has 0 spiro atoms. The lowest BCUT2D eigenvalue weighted by Crippen LogP contribution is -2.06. The molecular formula is C14H5F2NO3. The van der Waals surface area contributed by atoms with Crippen molar-refractivity contribution < 1.29 is 18.3 Å². The maximum absolute atomic E-state index is 13.4. The van der Waals surface area contributed by atoms with Gasteiger partial charge in [0.1, 0.15) is 17.4 Å². The maximum atomic E-state index is 13.4. The zero-order valence-electron chi connectivity index (χ0n) is 9.78. The molecule has 0 saturated carbocycles. The van der Waals surface area contributed by atoms with Gasteiger partial charge in [0.2, 0.25) is 5.43 Å². The monoisotopic (exact) mass is 273 g/mol. The van der Waals surface area contributed by atoms with Crippen LogP contribution in [0.2, 0.25) is 0 Å². The van der Waals surface area contributed by atoms with Crippen molar-refractivity contribution in [3.05, 3.63) is 51.7 Å². The highest BCUT2D eigenvalue weighted by Crippen LogP contribution is 2.34. The average molecular weight is 273 g/mol. The van der Waals surface area contributed by atoms with Crippen LogP contribution in [0.3, 0.4) is 0 Å². The summed E-state index contributed by atoms with van der Waals surface area (Å²) >= 11 is 0. The van der Waals surface area contributed by atoms with E-state index in [2.05, 4.69) is 0 Å². The minimum Gasteiger partial charge on any atom is -0.505 e. The van der Waals surface area contributed by atoms with Gasteiger partial charge >= 0.3 is 0 Å². The van der Waals surface area contributed by atoms with Crippen LogP contribution in [0.4, 0.5) is 8.78 Å². The summed E-state index contributed by atoms with van der Waals surface area (Å²) in [5.74, 6) is -2.60. The Labute approximate surface area is 110 Å². The van der Waals surface area contributed by atoms with Gasteiger partial charge in [-0.05, 0) is 12.1 Å². The Morgan fingerprint density at radius 1 is 1.15 bits per heavy atom. The minimum atomic E-state index is -1.03. The molecule has 0 unspecified atom stereocenters. The molecule has 2 aliphatic rings. The van der Waals surface area contributed by atoms with E-state index in [4.69, 9.17) is 4.42 Å². The van der Waals surface area contributed by atoms with Gasteiger partial charge < -0.3 is 9.52 Å². The van der Waals surface area contributed by atoms with Crippen LogP contribution in [-0.2, 0) is 0 Å². The topological polar surface area (TPSA) is 74.2 Å². The molecule has 0 saturated heterocycles. The molecule has 20 heavy (non-hydrogen) atoms. The summed E-state index contributed by atoms with van der Waals surface area (Å²) in [5.41, 5.74) is -0.809. The number of hydrogen-bond acceptors (Lipinski definition) is 4. The number of fused-ring (bicyclic) bond motifs is 2. The van der Waals surface area contributed by atoms with Gasteiger partial charge in [-0.15, -0.1) is 0 Å². The number of phenols is 1. The quantitative estimate of drug-likeness (QED) is 0.639. The molecule has 4 nitrogen and oxygen atoms in total. The predicted octanol–water partition coefficient (Wildman–Crippen LogP) is 2.75. The molecule has 0 amide bonds. The zero-order chi connectivity index (χ0) is 14.4. The molecular weight excluding hydrogens is 268 g/mol. The van der Waals surface area contributed by atoms with E-state index in [9.17, 15) is 23.9 Å². The first-order valence-electron chi connectivity index (χ1n) is 5.50. The zero-order valence-corrected chi connectivity index (χ0v) is 9.78. The predicted molar refractivity (Wildman–Crippen MR) is 65.4 cm³/mol. The first kappa shape index (κ1) is 12.1. The second-order valence-corrected chi connectivity index (χ2v) is 4.17. The van der Waals surface area contributed by atoms with Crippen molar-refractivity contribution in [2.24, 2.45) is 0 Å². The summed E-state index contributed by atoms with van der Waals surface area (Å²) in [6.07, 6.45) is 0. The van der Waals surface area contributed by atoms with Crippen LogP contribution in [0.1, 0.15) is 5.56 Å². The van der Waals surface area contributed by atoms with Crippen molar-refractivity contribution in [2.75, 3.05) is 0 Å². The minimum absolute atomic E-state index is 0.00791. The number of rotatable bonds is 0. The first-order chi connectivity index (χ1) is 9.51. The molecule has 1 heterocycles. The molecule has 1 aliphatic carbocycles. The standard InChI is InChI=1S/C14H5F2NO3/c15-9-1-6-8(5-17)7-2-10(16)12(19)4-14(7)20-13(6)3-11(9)18/h1-4,18H. The third-order valence-corrected chi connectivity index (χ3v) is 2.95. The molecule has 1 aromatic carbocycles. The molecule has 0 atom stereocenters. The third kappa shape index (κ3) is 1.61. The molecule has 0 radical (unpaired) electrons. The molecule has 0 aromatic heterocycles. The summed E-state index contributed by atoms with van der Waals surface area (Å²) in [6.45, 7) is 0. The van der Waals surface area contributed by atoms with Gasteiger partial charge in [0.15, 0.2) is 17.4 Å². The summed E-state index contributed by atoms with van der Waals surface area (Å²) < 4.78 is 32.0. The van der Waals surface area contributed by atoms with E-state index in [1.54, 1.807) is 0 Å². The van der Waals surface area contributed by atoms with Gasteiger partial charge in [-0.25, -0.2) is 8.78 Å². The number of nitrogens with zero attached hydrogens (tertiary/aromatic N) is 1. The summed E-state index contributed by atoms with van der Waals surface area (Å²) in [5, 5.41) is 18.6. The molecule has 98 valence electrons. The summed E-state index contributed by atoms with van der Waals surface area (Å²) in [7, 11) is 0. The smallest absolute Gasteiger partial charge is 0.217 e. The number of aromatic hydroxyl groups is 1. The molecule has 0 bridgehead atoms. The summed E-state index contributed by atoms with van der Waals surface area (Å²) in [4.78, 5) is 11.3. The Balaban J connectivity index is 2.58. The molecule has 1 N–H and O–H groups in total. The van der Waals surface area contributed by atoms with Gasteiger partial charge in [0, 0.05) is 23.1 Å². The third-order valence-electron chi connectivity index (χ3n) is 2.95. The summed E-state index contributed by atoms with van der Waals surface area (Å²) in [6, 6.07) is 5.54. The first-order valence-corrected chi connectivity index (χ1v) is 5.50. The van der Waals surface area contributed by atoms with Crippen LogP contribution in [0, 0.1) is 23.0 Å².